The molecule has 0 aliphatic carbocycles. The van der Waals surface area contributed by atoms with E-state index in [0.717, 1.165) is 24.4 Å². The van der Waals surface area contributed by atoms with Crippen LogP contribution in [0.5, 0.6) is 0 Å². The lowest BCUT2D eigenvalue weighted by Gasteiger charge is -2.14. The van der Waals surface area contributed by atoms with Crippen LogP contribution >= 0.6 is 0 Å². The molecule has 96 valence electrons. The summed E-state index contributed by atoms with van der Waals surface area (Å²) < 4.78 is 1.82. The first kappa shape index (κ1) is 12.7. The molecule has 2 heterocycles. The van der Waals surface area contributed by atoms with Gasteiger partial charge in [0, 0.05) is 31.7 Å². The van der Waals surface area contributed by atoms with E-state index in [1.165, 1.54) is 5.56 Å². The summed E-state index contributed by atoms with van der Waals surface area (Å²) in [5, 5.41) is 7.61. The van der Waals surface area contributed by atoms with Crippen LogP contribution in [0.1, 0.15) is 29.9 Å². The summed E-state index contributed by atoms with van der Waals surface area (Å²) >= 11 is 0. The van der Waals surface area contributed by atoms with Crippen molar-refractivity contribution in [1.82, 2.24) is 25.1 Å². The summed E-state index contributed by atoms with van der Waals surface area (Å²) in [6.45, 7) is 5.00. The fraction of sp³-hybridized carbons (Fsp3) is 0.462. The number of aryl methyl sites for hydroxylation is 2. The van der Waals surface area contributed by atoms with Crippen LogP contribution in [0, 0.1) is 6.92 Å². The predicted octanol–water partition coefficient (Wildman–Crippen LogP) is 1.41. The van der Waals surface area contributed by atoms with Crippen LogP contribution in [0.2, 0.25) is 0 Å². The minimum absolute atomic E-state index is 0.218. The largest absolute Gasteiger partial charge is 0.308 e. The second-order valence-electron chi connectivity index (χ2n) is 4.48. The van der Waals surface area contributed by atoms with Gasteiger partial charge in [0.25, 0.3) is 0 Å². The molecule has 0 aromatic carbocycles. The zero-order valence-electron chi connectivity index (χ0n) is 11.1. The Balaban J connectivity index is 1.85. The maximum absolute atomic E-state index is 4.37. The first-order valence-electron chi connectivity index (χ1n) is 6.15. The van der Waals surface area contributed by atoms with Crippen molar-refractivity contribution in [2.75, 3.05) is 6.54 Å². The summed E-state index contributed by atoms with van der Waals surface area (Å²) in [5.74, 6) is 0. The van der Waals surface area contributed by atoms with E-state index in [4.69, 9.17) is 0 Å². The minimum atomic E-state index is 0.218. The van der Waals surface area contributed by atoms with Crippen LogP contribution in [-0.4, -0.2) is 26.3 Å². The van der Waals surface area contributed by atoms with Crippen molar-refractivity contribution in [2.24, 2.45) is 7.05 Å². The second-order valence-corrected chi connectivity index (χ2v) is 4.48. The first-order valence-corrected chi connectivity index (χ1v) is 6.15. The van der Waals surface area contributed by atoms with Crippen LogP contribution in [-0.2, 0) is 13.5 Å². The highest BCUT2D eigenvalue weighted by molar-refractivity contribution is 5.12. The topological polar surface area (TPSA) is 55.6 Å². The molecule has 2 aromatic rings. The van der Waals surface area contributed by atoms with Gasteiger partial charge in [0.05, 0.1) is 17.6 Å². The average molecular weight is 245 g/mol. The van der Waals surface area contributed by atoms with E-state index in [-0.39, 0.29) is 6.04 Å². The number of aromatic nitrogens is 4. The van der Waals surface area contributed by atoms with Crippen molar-refractivity contribution in [3.8, 4) is 0 Å². The van der Waals surface area contributed by atoms with Gasteiger partial charge in [-0.3, -0.25) is 14.6 Å². The number of rotatable bonds is 5. The zero-order valence-corrected chi connectivity index (χ0v) is 11.1. The molecule has 0 aliphatic rings. The van der Waals surface area contributed by atoms with Crippen LogP contribution in [0.3, 0.4) is 0 Å². The smallest absolute Gasteiger partial charge is 0.0782 e. The standard InChI is InChI=1S/C13H19N5/c1-10(13-11(2)15-6-7-16-13)14-5-4-12-8-17-18(3)9-12/h6-10,14H,4-5H2,1-3H3. The Morgan fingerprint density at radius 2 is 2.11 bits per heavy atom. The number of hydrogen-bond acceptors (Lipinski definition) is 4. The Hall–Kier alpha value is -1.75. The Morgan fingerprint density at radius 1 is 1.33 bits per heavy atom. The van der Waals surface area contributed by atoms with Crippen LogP contribution in [0.25, 0.3) is 0 Å². The third-order valence-electron chi connectivity index (χ3n) is 2.95. The Kier molecular flexibility index (Phi) is 4.04. The highest BCUT2D eigenvalue weighted by atomic mass is 15.2. The molecule has 1 atom stereocenters. The van der Waals surface area contributed by atoms with Crippen LogP contribution < -0.4 is 5.32 Å². The van der Waals surface area contributed by atoms with Gasteiger partial charge in [-0.2, -0.15) is 5.10 Å². The number of hydrogen-bond donors (Lipinski definition) is 1. The van der Waals surface area contributed by atoms with Crippen LogP contribution in [0.15, 0.2) is 24.8 Å². The van der Waals surface area contributed by atoms with E-state index in [1.54, 1.807) is 12.4 Å². The van der Waals surface area contributed by atoms with E-state index in [1.807, 2.05) is 31.0 Å². The van der Waals surface area contributed by atoms with Gasteiger partial charge in [0.15, 0.2) is 0 Å². The molecule has 0 saturated carbocycles. The molecule has 2 rings (SSSR count). The molecule has 0 aliphatic heterocycles. The van der Waals surface area contributed by atoms with Crippen molar-refractivity contribution in [1.29, 1.82) is 0 Å². The van der Waals surface area contributed by atoms with E-state index < -0.39 is 0 Å². The van der Waals surface area contributed by atoms with E-state index >= 15 is 0 Å². The van der Waals surface area contributed by atoms with Gasteiger partial charge in [-0.25, -0.2) is 0 Å². The van der Waals surface area contributed by atoms with Crippen molar-refractivity contribution < 1.29 is 0 Å². The highest BCUT2D eigenvalue weighted by Crippen LogP contribution is 2.11. The summed E-state index contributed by atoms with van der Waals surface area (Å²) in [7, 11) is 1.93. The molecule has 0 amide bonds. The van der Waals surface area contributed by atoms with E-state index in [9.17, 15) is 0 Å². The molecule has 0 saturated heterocycles. The van der Waals surface area contributed by atoms with Crippen molar-refractivity contribution in [3.05, 3.63) is 41.7 Å². The maximum Gasteiger partial charge on any atom is 0.0782 e. The monoisotopic (exact) mass is 245 g/mol. The van der Waals surface area contributed by atoms with Gasteiger partial charge in [0.2, 0.25) is 0 Å². The van der Waals surface area contributed by atoms with Crippen molar-refractivity contribution in [3.63, 3.8) is 0 Å². The lowest BCUT2D eigenvalue weighted by Crippen LogP contribution is -2.23. The van der Waals surface area contributed by atoms with Gasteiger partial charge in [-0.05, 0) is 32.4 Å². The van der Waals surface area contributed by atoms with Gasteiger partial charge in [-0.1, -0.05) is 0 Å². The fourth-order valence-electron chi connectivity index (χ4n) is 1.97. The van der Waals surface area contributed by atoms with Gasteiger partial charge in [0.1, 0.15) is 0 Å². The lowest BCUT2D eigenvalue weighted by atomic mass is 10.1. The third-order valence-corrected chi connectivity index (χ3v) is 2.95. The molecular formula is C13H19N5. The Morgan fingerprint density at radius 3 is 2.78 bits per heavy atom. The molecule has 0 fully saturated rings. The zero-order chi connectivity index (χ0) is 13.0. The summed E-state index contributed by atoms with van der Waals surface area (Å²) in [5.41, 5.74) is 3.25. The average Bonchev–Trinajstić information content (AvgIpc) is 2.75. The maximum atomic E-state index is 4.37. The highest BCUT2D eigenvalue weighted by Gasteiger charge is 2.09. The van der Waals surface area contributed by atoms with Gasteiger partial charge < -0.3 is 5.32 Å². The molecular weight excluding hydrogens is 226 g/mol. The summed E-state index contributed by atoms with van der Waals surface area (Å²) in [6, 6.07) is 0.218. The molecule has 1 N–H and O–H groups in total. The van der Waals surface area contributed by atoms with Crippen molar-refractivity contribution >= 4 is 0 Å². The molecule has 0 radical (unpaired) electrons. The minimum Gasteiger partial charge on any atom is -0.308 e. The molecule has 5 nitrogen and oxygen atoms in total. The lowest BCUT2D eigenvalue weighted by molar-refractivity contribution is 0.558. The van der Waals surface area contributed by atoms with Crippen molar-refractivity contribution in [2.45, 2.75) is 26.3 Å². The Labute approximate surface area is 107 Å². The normalized spacial score (nSPS) is 12.6. The van der Waals surface area contributed by atoms with Crippen LogP contribution in [0.4, 0.5) is 0 Å². The number of nitrogens with zero attached hydrogens (tertiary/aromatic N) is 4. The molecule has 2 aromatic heterocycles. The molecule has 0 bridgehead atoms. The van der Waals surface area contributed by atoms with E-state index in [0.29, 0.717) is 0 Å². The second kappa shape index (κ2) is 5.73. The molecule has 0 spiro atoms. The first-order chi connectivity index (χ1) is 8.66. The summed E-state index contributed by atoms with van der Waals surface area (Å²) in [6.07, 6.45) is 8.38. The third kappa shape index (κ3) is 3.13. The number of nitrogens with one attached hydrogen (secondary N) is 1. The van der Waals surface area contributed by atoms with Gasteiger partial charge >= 0.3 is 0 Å². The Bertz CT molecular complexity index is 506. The van der Waals surface area contributed by atoms with E-state index in [2.05, 4.69) is 27.3 Å². The van der Waals surface area contributed by atoms with Gasteiger partial charge in [-0.15, -0.1) is 0 Å². The summed E-state index contributed by atoms with van der Waals surface area (Å²) in [4.78, 5) is 8.62. The SMILES string of the molecule is Cc1nccnc1C(C)NCCc1cnn(C)c1. The molecule has 1 unspecified atom stereocenters. The molecule has 18 heavy (non-hydrogen) atoms. The predicted molar refractivity (Wildman–Crippen MR) is 70.1 cm³/mol. The fourth-order valence-corrected chi connectivity index (χ4v) is 1.97. The molecule has 5 heteroatoms. The quantitative estimate of drug-likeness (QED) is 0.865.